The molecule has 1 aromatic carbocycles. The minimum atomic E-state index is -3.13. The molecular formula is C15H21NO5S. The Hall–Kier alpha value is -1.76. The van der Waals surface area contributed by atoms with E-state index < -0.39 is 15.1 Å². The first-order chi connectivity index (χ1) is 10.3. The Bertz CT molecular complexity index is 671. The number of sulfone groups is 1. The van der Waals surface area contributed by atoms with Gasteiger partial charge in [-0.3, -0.25) is 4.79 Å². The first-order valence-electron chi connectivity index (χ1n) is 7.06. The Morgan fingerprint density at radius 1 is 1.23 bits per heavy atom. The van der Waals surface area contributed by atoms with Crippen molar-refractivity contribution < 1.29 is 22.7 Å². The van der Waals surface area contributed by atoms with Crippen molar-refractivity contribution in [2.45, 2.75) is 25.1 Å². The first-order valence-corrected chi connectivity index (χ1v) is 8.78. The maximum absolute atomic E-state index is 12.8. The average molecular weight is 327 g/mol. The van der Waals surface area contributed by atoms with Gasteiger partial charge in [0.05, 0.1) is 30.8 Å². The third-order valence-corrected chi connectivity index (χ3v) is 6.53. The predicted octanol–water partition coefficient (Wildman–Crippen LogP) is 1.35. The number of hydrogen-bond donors (Lipinski definition) is 0. The third kappa shape index (κ3) is 2.90. The molecule has 1 amide bonds. The van der Waals surface area contributed by atoms with Crippen LogP contribution in [0.5, 0.6) is 11.5 Å². The highest BCUT2D eigenvalue weighted by atomic mass is 32.2. The number of amides is 1. The predicted molar refractivity (Wildman–Crippen MR) is 83.3 cm³/mol. The Morgan fingerprint density at radius 3 is 2.50 bits per heavy atom. The van der Waals surface area contributed by atoms with Gasteiger partial charge in [-0.1, -0.05) is 0 Å². The van der Waals surface area contributed by atoms with Crippen LogP contribution in [0.4, 0.5) is 0 Å². The van der Waals surface area contributed by atoms with Crippen molar-refractivity contribution in [1.29, 1.82) is 0 Å². The fraction of sp³-hybridized carbons (Fsp3) is 0.533. The monoisotopic (exact) mass is 327 g/mol. The number of ether oxygens (including phenoxy) is 2. The molecule has 2 atom stereocenters. The zero-order valence-corrected chi connectivity index (χ0v) is 14.0. The summed E-state index contributed by atoms with van der Waals surface area (Å²) in [5.41, 5.74) is 0.404. The summed E-state index contributed by atoms with van der Waals surface area (Å²) in [7, 11) is -0.109. The molecule has 22 heavy (non-hydrogen) atoms. The fourth-order valence-corrected chi connectivity index (χ4v) is 4.15. The summed E-state index contributed by atoms with van der Waals surface area (Å²) in [4.78, 5) is 14.3. The van der Waals surface area contributed by atoms with Gasteiger partial charge in [-0.05, 0) is 26.0 Å². The standard InChI is InChI=1S/C15H21NO5S/c1-10-11(2)22(18,19)8-7-16(10)15(17)13-6-5-12(20-3)9-14(13)21-4/h5-6,9-11H,7-8H2,1-4H3. The minimum Gasteiger partial charge on any atom is -0.497 e. The lowest BCUT2D eigenvalue weighted by Crippen LogP contribution is -2.54. The van der Waals surface area contributed by atoms with E-state index in [-0.39, 0.29) is 24.2 Å². The van der Waals surface area contributed by atoms with Gasteiger partial charge in [0.25, 0.3) is 5.91 Å². The van der Waals surface area contributed by atoms with E-state index in [9.17, 15) is 13.2 Å². The molecule has 1 aromatic rings. The molecule has 1 heterocycles. The summed E-state index contributed by atoms with van der Waals surface area (Å²) in [6.45, 7) is 3.60. The van der Waals surface area contributed by atoms with Crippen LogP contribution in [0.25, 0.3) is 0 Å². The molecule has 0 bridgehead atoms. The summed E-state index contributed by atoms with van der Waals surface area (Å²) in [6, 6.07) is 4.59. The molecule has 7 heteroatoms. The van der Waals surface area contributed by atoms with Crippen molar-refractivity contribution in [3.63, 3.8) is 0 Å². The van der Waals surface area contributed by atoms with E-state index in [1.54, 1.807) is 36.9 Å². The number of carbonyl (C=O) groups is 1. The van der Waals surface area contributed by atoms with Crippen molar-refractivity contribution in [3.05, 3.63) is 23.8 Å². The van der Waals surface area contributed by atoms with Crippen LogP contribution in [0.2, 0.25) is 0 Å². The lowest BCUT2D eigenvalue weighted by molar-refractivity contribution is 0.0689. The van der Waals surface area contributed by atoms with Crippen molar-refractivity contribution in [3.8, 4) is 11.5 Å². The lowest BCUT2D eigenvalue weighted by atomic mass is 10.1. The highest BCUT2D eigenvalue weighted by Crippen LogP contribution is 2.28. The maximum Gasteiger partial charge on any atom is 0.257 e. The Labute approximate surface area is 130 Å². The van der Waals surface area contributed by atoms with Gasteiger partial charge in [0.15, 0.2) is 9.84 Å². The third-order valence-electron chi connectivity index (χ3n) is 4.25. The van der Waals surface area contributed by atoms with Gasteiger partial charge in [-0.25, -0.2) is 8.42 Å². The zero-order chi connectivity index (χ0) is 16.5. The lowest BCUT2D eigenvalue weighted by Gasteiger charge is -2.37. The maximum atomic E-state index is 12.8. The second-order valence-electron chi connectivity index (χ2n) is 5.38. The van der Waals surface area contributed by atoms with Crippen LogP contribution in [0.3, 0.4) is 0 Å². The van der Waals surface area contributed by atoms with Crippen LogP contribution in [0.1, 0.15) is 24.2 Å². The van der Waals surface area contributed by atoms with Gasteiger partial charge in [0.1, 0.15) is 11.5 Å². The molecule has 1 aliphatic heterocycles. The van der Waals surface area contributed by atoms with E-state index in [0.29, 0.717) is 17.1 Å². The normalized spacial score (nSPS) is 23.9. The van der Waals surface area contributed by atoms with Crippen LogP contribution >= 0.6 is 0 Å². The van der Waals surface area contributed by atoms with Gasteiger partial charge in [-0.15, -0.1) is 0 Å². The zero-order valence-electron chi connectivity index (χ0n) is 13.2. The van der Waals surface area contributed by atoms with E-state index in [2.05, 4.69) is 0 Å². The second kappa shape index (κ2) is 6.16. The molecule has 0 aromatic heterocycles. The van der Waals surface area contributed by atoms with E-state index in [1.165, 1.54) is 14.2 Å². The molecule has 0 saturated carbocycles. The Balaban J connectivity index is 2.33. The van der Waals surface area contributed by atoms with Crippen LogP contribution in [0.15, 0.2) is 18.2 Å². The van der Waals surface area contributed by atoms with Gasteiger partial charge in [-0.2, -0.15) is 0 Å². The topological polar surface area (TPSA) is 72.9 Å². The molecule has 0 spiro atoms. The molecular weight excluding hydrogens is 306 g/mol. The highest BCUT2D eigenvalue weighted by molar-refractivity contribution is 7.92. The summed E-state index contributed by atoms with van der Waals surface area (Å²) >= 11 is 0. The summed E-state index contributed by atoms with van der Waals surface area (Å²) in [6.07, 6.45) is 0. The first kappa shape index (κ1) is 16.6. The van der Waals surface area contributed by atoms with E-state index in [0.717, 1.165) is 0 Å². The summed E-state index contributed by atoms with van der Waals surface area (Å²) < 4.78 is 34.2. The largest absolute Gasteiger partial charge is 0.497 e. The van der Waals surface area contributed by atoms with Crippen LogP contribution in [0, 0.1) is 0 Å². The molecule has 0 N–H and O–H groups in total. The van der Waals surface area contributed by atoms with Crippen LogP contribution < -0.4 is 9.47 Å². The van der Waals surface area contributed by atoms with E-state index in [4.69, 9.17) is 9.47 Å². The molecule has 0 aliphatic carbocycles. The average Bonchev–Trinajstić information content (AvgIpc) is 2.51. The minimum absolute atomic E-state index is 0.0112. The molecule has 1 saturated heterocycles. The quantitative estimate of drug-likeness (QED) is 0.838. The summed E-state index contributed by atoms with van der Waals surface area (Å²) in [5, 5.41) is -0.575. The fourth-order valence-electron chi connectivity index (χ4n) is 2.58. The molecule has 6 nitrogen and oxygen atoms in total. The van der Waals surface area contributed by atoms with E-state index >= 15 is 0 Å². The highest BCUT2D eigenvalue weighted by Gasteiger charge is 2.38. The van der Waals surface area contributed by atoms with Crippen LogP contribution in [-0.2, 0) is 9.84 Å². The van der Waals surface area contributed by atoms with Crippen molar-refractivity contribution in [1.82, 2.24) is 4.90 Å². The second-order valence-corrected chi connectivity index (χ2v) is 7.86. The SMILES string of the molecule is COc1ccc(C(=O)N2CCS(=O)(=O)C(C)C2C)c(OC)c1. The number of carbonyl (C=O) groups excluding carboxylic acids is 1. The number of nitrogens with zero attached hydrogens (tertiary/aromatic N) is 1. The van der Waals surface area contributed by atoms with Crippen molar-refractivity contribution in [2.75, 3.05) is 26.5 Å². The Morgan fingerprint density at radius 2 is 1.91 bits per heavy atom. The smallest absolute Gasteiger partial charge is 0.257 e. The van der Waals surface area contributed by atoms with Gasteiger partial charge >= 0.3 is 0 Å². The summed E-state index contributed by atoms with van der Waals surface area (Å²) in [5.74, 6) is 0.769. The van der Waals surface area contributed by atoms with Crippen LogP contribution in [-0.4, -0.2) is 57.0 Å². The van der Waals surface area contributed by atoms with Gasteiger partial charge in [0, 0.05) is 18.7 Å². The van der Waals surface area contributed by atoms with Gasteiger partial charge < -0.3 is 14.4 Å². The molecule has 2 unspecified atom stereocenters. The molecule has 1 aliphatic rings. The molecule has 122 valence electrons. The number of hydrogen-bond acceptors (Lipinski definition) is 5. The van der Waals surface area contributed by atoms with E-state index in [1.807, 2.05) is 0 Å². The molecule has 0 radical (unpaired) electrons. The molecule has 1 fully saturated rings. The number of methoxy groups -OCH3 is 2. The van der Waals surface area contributed by atoms with Crippen molar-refractivity contribution >= 4 is 15.7 Å². The number of benzene rings is 1. The molecule has 2 rings (SSSR count). The number of rotatable bonds is 3. The van der Waals surface area contributed by atoms with Gasteiger partial charge in [0.2, 0.25) is 0 Å². The Kier molecular flexibility index (Phi) is 4.65. The van der Waals surface area contributed by atoms with Crippen molar-refractivity contribution in [2.24, 2.45) is 0 Å².